The van der Waals surface area contributed by atoms with Gasteiger partial charge in [0.05, 0.1) is 16.2 Å². The molecule has 0 aromatic carbocycles. The lowest BCUT2D eigenvalue weighted by molar-refractivity contribution is -0.145. The molecule has 0 unspecified atom stereocenters. The maximum atomic E-state index is 13.7. The quantitative estimate of drug-likeness (QED) is 0.262. The van der Waals surface area contributed by atoms with E-state index in [9.17, 15) is 19.2 Å². The van der Waals surface area contributed by atoms with E-state index < -0.39 is 29.0 Å². The van der Waals surface area contributed by atoms with Crippen LogP contribution in [0.4, 0.5) is 0 Å². The summed E-state index contributed by atoms with van der Waals surface area (Å²) in [4.78, 5) is 60.5. The van der Waals surface area contributed by atoms with Crippen LogP contribution < -0.4 is 5.43 Å². The number of amides is 1. The molecule has 1 amide bonds. The van der Waals surface area contributed by atoms with Gasteiger partial charge in [-0.05, 0) is 44.1 Å². The highest BCUT2D eigenvalue weighted by molar-refractivity contribution is 7.07. The van der Waals surface area contributed by atoms with E-state index in [1.54, 1.807) is 18.2 Å². The summed E-state index contributed by atoms with van der Waals surface area (Å²) in [6.07, 6.45) is 12.6. The monoisotopic (exact) mass is 578 g/mol. The number of hydrogen-bond donors (Lipinski definition) is 1. The molecule has 1 aliphatic heterocycles. The largest absolute Gasteiger partial charge is 0.438 e. The minimum atomic E-state index is -2.22. The molecule has 2 aromatic rings. The van der Waals surface area contributed by atoms with Gasteiger partial charge in [-0.15, -0.1) is 11.3 Å². The van der Waals surface area contributed by atoms with Gasteiger partial charge in [0.25, 0.3) is 5.91 Å². The normalized spacial score (nSPS) is 20.2. The summed E-state index contributed by atoms with van der Waals surface area (Å²) in [5, 5.41) is 2.55. The van der Waals surface area contributed by atoms with E-state index in [4.69, 9.17) is 16.3 Å². The molecule has 0 saturated heterocycles. The van der Waals surface area contributed by atoms with Crippen LogP contribution in [0.2, 0.25) is 0 Å². The zero-order chi connectivity index (χ0) is 29.0. The third-order valence-corrected chi connectivity index (χ3v) is 7.44. The molecule has 0 bridgehead atoms. The van der Waals surface area contributed by atoms with Crippen LogP contribution in [0.1, 0.15) is 55.0 Å². The topological polar surface area (TPSA) is 119 Å². The minimum Gasteiger partial charge on any atom is -0.438 e. The van der Waals surface area contributed by atoms with Crippen LogP contribution in [0, 0.1) is 5.92 Å². The second kappa shape index (κ2) is 11.9. The average Bonchev–Trinajstić information content (AvgIpc) is 3.50. The van der Waals surface area contributed by atoms with Crippen molar-refractivity contribution in [2.45, 2.75) is 39.7 Å². The van der Waals surface area contributed by atoms with Gasteiger partial charge < -0.3 is 4.74 Å². The number of Topliss-reactive ketones (excluding diaryl/α,β-unsaturated/α-hetero) is 2. The van der Waals surface area contributed by atoms with Crippen LogP contribution >= 0.6 is 22.9 Å². The standard InChI is InChI=1S/C29H27ClN4O5S/c1-5-17(2)12-18(3)6-7-20-13-21-22(14-34(20)33-27(37)19-8-10-31-11-9-19)25(35)29(4,26(36)24(21)30)39-28(38)23-15-40-16-32-23/h6-17H,5H2,1-4H3,(H,33,37)/b7-6+,18-12+/t17-,29+/m0/s1. The van der Waals surface area contributed by atoms with Gasteiger partial charge in [-0.1, -0.05) is 49.6 Å². The average molecular weight is 579 g/mol. The van der Waals surface area contributed by atoms with Gasteiger partial charge in [0.1, 0.15) is 0 Å². The summed E-state index contributed by atoms with van der Waals surface area (Å²) in [7, 11) is 0. The van der Waals surface area contributed by atoms with Crippen LogP contribution in [0.15, 0.2) is 93.4 Å². The summed E-state index contributed by atoms with van der Waals surface area (Å²) in [5.74, 6) is -2.65. The number of fused-ring (bicyclic) bond motifs is 1. The number of hydrazine groups is 1. The lowest BCUT2D eigenvalue weighted by Crippen LogP contribution is -2.52. The van der Waals surface area contributed by atoms with E-state index >= 15 is 0 Å². The number of aromatic nitrogens is 2. The second-order valence-electron chi connectivity index (χ2n) is 9.47. The van der Waals surface area contributed by atoms with Gasteiger partial charge >= 0.3 is 5.97 Å². The Morgan fingerprint density at radius 2 is 1.98 bits per heavy atom. The molecule has 0 spiro atoms. The smallest absolute Gasteiger partial charge is 0.359 e. The van der Waals surface area contributed by atoms with Gasteiger partial charge in [0.2, 0.25) is 17.2 Å². The first-order valence-electron chi connectivity index (χ1n) is 12.5. The fourth-order valence-corrected chi connectivity index (χ4v) is 4.87. The molecule has 0 fully saturated rings. The predicted molar refractivity (Wildman–Crippen MR) is 151 cm³/mol. The lowest BCUT2D eigenvalue weighted by atomic mass is 9.79. The number of carbonyl (C=O) groups excluding carboxylic acids is 4. The van der Waals surface area contributed by atoms with Crippen molar-refractivity contribution in [3.63, 3.8) is 0 Å². The molecular weight excluding hydrogens is 552 g/mol. The number of rotatable bonds is 8. The maximum absolute atomic E-state index is 13.7. The van der Waals surface area contributed by atoms with E-state index in [0.717, 1.165) is 12.0 Å². The molecule has 3 heterocycles. The Morgan fingerprint density at radius 1 is 1.25 bits per heavy atom. The van der Waals surface area contributed by atoms with Crippen molar-refractivity contribution in [2.24, 2.45) is 5.92 Å². The minimum absolute atomic E-state index is 0.00257. The van der Waals surface area contributed by atoms with Crippen LogP contribution in [0.3, 0.4) is 0 Å². The summed E-state index contributed by atoms with van der Waals surface area (Å²) in [5.41, 5.74) is 3.88. The molecule has 2 atom stereocenters. The number of halogens is 1. The number of ether oxygens (including phenoxy) is 1. The Kier molecular flexibility index (Phi) is 8.61. The molecule has 1 N–H and O–H groups in total. The predicted octanol–water partition coefficient (Wildman–Crippen LogP) is 5.08. The van der Waals surface area contributed by atoms with Gasteiger partial charge in [-0.2, -0.15) is 0 Å². The zero-order valence-electron chi connectivity index (χ0n) is 22.3. The van der Waals surface area contributed by atoms with Crippen molar-refractivity contribution in [2.75, 3.05) is 0 Å². The molecule has 2 aromatic heterocycles. The van der Waals surface area contributed by atoms with Crippen LogP contribution in [0.5, 0.6) is 0 Å². The van der Waals surface area contributed by atoms with Crippen molar-refractivity contribution in [3.8, 4) is 0 Å². The van der Waals surface area contributed by atoms with Crippen molar-refractivity contribution in [3.05, 3.63) is 105 Å². The van der Waals surface area contributed by atoms with Crippen molar-refractivity contribution < 1.29 is 23.9 Å². The Balaban J connectivity index is 1.75. The van der Waals surface area contributed by atoms with Crippen LogP contribution in [-0.2, 0) is 14.3 Å². The van der Waals surface area contributed by atoms with E-state index in [-0.39, 0.29) is 21.9 Å². The second-order valence-corrected chi connectivity index (χ2v) is 10.6. The third kappa shape index (κ3) is 5.88. The molecule has 206 valence electrons. The number of esters is 1. The Hall–Kier alpha value is -4.15. The maximum Gasteiger partial charge on any atom is 0.359 e. The molecule has 4 rings (SSSR count). The van der Waals surface area contributed by atoms with E-state index in [1.165, 1.54) is 58.8 Å². The van der Waals surface area contributed by atoms with Crippen molar-refractivity contribution in [1.29, 1.82) is 0 Å². The Labute approximate surface area is 240 Å². The molecule has 0 radical (unpaired) electrons. The van der Waals surface area contributed by atoms with Crippen LogP contribution in [-0.4, -0.2) is 44.0 Å². The molecule has 9 nitrogen and oxygen atoms in total. The summed E-state index contributed by atoms with van der Waals surface area (Å²) in [6.45, 7) is 7.35. The highest BCUT2D eigenvalue weighted by Gasteiger charge is 2.53. The van der Waals surface area contributed by atoms with Crippen molar-refractivity contribution in [1.82, 2.24) is 20.4 Å². The van der Waals surface area contributed by atoms with E-state index in [2.05, 4.69) is 35.3 Å². The zero-order valence-corrected chi connectivity index (χ0v) is 23.9. The van der Waals surface area contributed by atoms with E-state index in [0.29, 0.717) is 17.2 Å². The number of allylic oxidation sites excluding steroid dienone is 6. The lowest BCUT2D eigenvalue weighted by Gasteiger charge is -2.35. The molecular formula is C29H27ClN4O5S. The molecule has 11 heteroatoms. The van der Waals surface area contributed by atoms with Gasteiger partial charge in [0.15, 0.2) is 5.69 Å². The number of pyridine rings is 1. The van der Waals surface area contributed by atoms with E-state index in [1.807, 2.05) is 13.0 Å². The third-order valence-electron chi connectivity index (χ3n) is 6.48. The molecule has 2 aliphatic rings. The highest BCUT2D eigenvalue weighted by atomic mass is 35.5. The SMILES string of the molecule is CC[C@H](C)/C=C(C)/C=C/C1=CC2=C(Cl)C(=O)[C@](C)(OC(=O)c3cscn3)C(=O)C2=CN1NC(=O)c1ccncc1. The summed E-state index contributed by atoms with van der Waals surface area (Å²) in [6, 6.07) is 3.10. The number of hydrogen-bond acceptors (Lipinski definition) is 9. The van der Waals surface area contributed by atoms with Gasteiger partial charge in [0, 0.05) is 40.7 Å². The van der Waals surface area contributed by atoms with Gasteiger partial charge in [-0.25, -0.2) is 9.78 Å². The Morgan fingerprint density at radius 3 is 2.62 bits per heavy atom. The first-order chi connectivity index (χ1) is 19.0. The van der Waals surface area contributed by atoms with Crippen molar-refractivity contribution >= 4 is 46.4 Å². The number of nitrogens with one attached hydrogen (secondary N) is 1. The number of carbonyl (C=O) groups is 4. The number of thiazole rings is 1. The molecule has 40 heavy (non-hydrogen) atoms. The molecule has 1 aliphatic carbocycles. The van der Waals surface area contributed by atoms with Gasteiger partial charge in [-0.3, -0.25) is 29.8 Å². The summed E-state index contributed by atoms with van der Waals surface area (Å²) >= 11 is 7.67. The summed E-state index contributed by atoms with van der Waals surface area (Å²) < 4.78 is 5.40. The number of ketones is 2. The fraction of sp³-hybridized carbons (Fsp3) is 0.241. The first kappa shape index (κ1) is 28.8. The fourth-order valence-electron chi connectivity index (χ4n) is 4.01. The Bertz CT molecular complexity index is 1510. The van der Waals surface area contributed by atoms with Crippen LogP contribution in [0.25, 0.3) is 0 Å². The first-order valence-corrected chi connectivity index (χ1v) is 13.8. The molecule has 0 saturated carbocycles. The number of nitrogens with zero attached hydrogens (tertiary/aromatic N) is 3. The highest BCUT2D eigenvalue weighted by Crippen LogP contribution is 2.39.